The van der Waals surface area contributed by atoms with Crippen LogP contribution >= 0.6 is 0 Å². The first-order valence-corrected chi connectivity index (χ1v) is 6.40. The molecule has 3 N–H and O–H groups in total. The Morgan fingerprint density at radius 1 is 1.39 bits per heavy atom. The molecule has 0 unspecified atom stereocenters. The van der Waals surface area contributed by atoms with Gasteiger partial charge in [0.1, 0.15) is 5.75 Å². The molecular weight excluding hydrogens is 228 g/mol. The monoisotopic (exact) mass is 250 g/mol. The first-order valence-electron chi connectivity index (χ1n) is 6.40. The van der Waals surface area contributed by atoms with Crippen LogP contribution in [0.25, 0.3) is 0 Å². The van der Waals surface area contributed by atoms with Gasteiger partial charge < -0.3 is 15.8 Å². The Morgan fingerprint density at radius 2 is 2.17 bits per heavy atom. The number of ether oxygens (including phenoxy) is 1. The number of carbonyl (C=O) groups is 1. The van der Waals surface area contributed by atoms with E-state index in [0.29, 0.717) is 19.6 Å². The number of unbranched alkanes of at least 4 members (excludes halogenated alkanes) is 1. The number of anilines is 1. The van der Waals surface area contributed by atoms with E-state index in [1.807, 2.05) is 32.0 Å². The molecule has 0 saturated carbocycles. The summed E-state index contributed by atoms with van der Waals surface area (Å²) < 4.78 is 5.51. The van der Waals surface area contributed by atoms with Crippen molar-refractivity contribution in [3.63, 3.8) is 0 Å². The van der Waals surface area contributed by atoms with E-state index in [1.54, 1.807) is 0 Å². The van der Waals surface area contributed by atoms with Gasteiger partial charge >= 0.3 is 0 Å². The quantitative estimate of drug-likeness (QED) is 0.731. The van der Waals surface area contributed by atoms with Crippen LogP contribution in [0.1, 0.15) is 31.7 Å². The van der Waals surface area contributed by atoms with Gasteiger partial charge in [-0.3, -0.25) is 4.79 Å². The molecule has 0 aliphatic carbocycles. The number of hydrogen-bond donors (Lipinski definition) is 2. The molecule has 100 valence electrons. The van der Waals surface area contributed by atoms with Crippen LogP contribution < -0.4 is 15.8 Å². The van der Waals surface area contributed by atoms with E-state index in [-0.39, 0.29) is 5.91 Å². The molecule has 1 amide bonds. The highest BCUT2D eigenvalue weighted by Gasteiger charge is 2.07. The molecule has 0 aromatic heterocycles. The van der Waals surface area contributed by atoms with Crippen LogP contribution in [0.5, 0.6) is 5.75 Å². The van der Waals surface area contributed by atoms with E-state index < -0.39 is 0 Å². The summed E-state index contributed by atoms with van der Waals surface area (Å²) in [7, 11) is 0. The van der Waals surface area contributed by atoms with Gasteiger partial charge in [-0.15, -0.1) is 0 Å². The molecular formula is C14H22N2O2. The summed E-state index contributed by atoms with van der Waals surface area (Å²) in [6.07, 6.45) is 2.19. The zero-order valence-electron chi connectivity index (χ0n) is 11.2. The van der Waals surface area contributed by atoms with E-state index >= 15 is 0 Å². The lowest BCUT2D eigenvalue weighted by Gasteiger charge is -2.12. The second-order valence-electron chi connectivity index (χ2n) is 4.23. The molecule has 0 spiro atoms. The summed E-state index contributed by atoms with van der Waals surface area (Å²) in [5.74, 6) is 0.734. The van der Waals surface area contributed by atoms with Gasteiger partial charge in [0.15, 0.2) is 0 Å². The molecule has 0 bridgehead atoms. The second-order valence-corrected chi connectivity index (χ2v) is 4.23. The first-order chi connectivity index (χ1) is 8.67. The lowest BCUT2D eigenvalue weighted by molar-refractivity contribution is -0.116. The third kappa shape index (κ3) is 4.75. The lowest BCUT2D eigenvalue weighted by Crippen LogP contribution is -2.13. The van der Waals surface area contributed by atoms with Crippen molar-refractivity contribution in [1.29, 1.82) is 0 Å². The number of amides is 1. The minimum atomic E-state index is 0.00764. The largest absolute Gasteiger partial charge is 0.492 e. The molecule has 0 atom stereocenters. The smallest absolute Gasteiger partial charge is 0.224 e. The maximum absolute atomic E-state index is 11.7. The number of rotatable bonds is 7. The van der Waals surface area contributed by atoms with Crippen molar-refractivity contribution in [3.8, 4) is 5.75 Å². The minimum absolute atomic E-state index is 0.00764. The second kappa shape index (κ2) is 7.71. The summed E-state index contributed by atoms with van der Waals surface area (Å²) in [4.78, 5) is 11.7. The van der Waals surface area contributed by atoms with Crippen molar-refractivity contribution in [3.05, 3.63) is 23.8 Å². The summed E-state index contributed by atoms with van der Waals surface area (Å²) in [5, 5.41) is 2.88. The molecule has 1 rings (SSSR count). The average molecular weight is 250 g/mol. The van der Waals surface area contributed by atoms with Crippen molar-refractivity contribution < 1.29 is 9.53 Å². The Morgan fingerprint density at radius 3 is 2.83 bits per heavy atom. The minimum Gasteiger partial charge on any atom is -0.492 e. The highest BCUT2D eigenvalue weighted by atomic mass is 16.5. The molecule has 0 saturated heterocycles. The van der Waals surface area contributed by atoms with Crippen LogP contribution in [-0.2, 0) is 4.79 Å². The zero-order valence-corrected chi connectivity index (χ0v) is 11.2. The standard InChI is InChI=1S/C14H22N2O2/c1-3-18-13-10-11(2)7-8-12(13)16-14(17)6-4-5-9-15/h7-8,10H,3-6,9,15H2,1-2H3,(H,16,17). The fourth-order valence-electron chi connectivity index (χ4n) is 1.65. The Hall–Kier alpha value is -1.55. The molecule has 4 heteroatoms. The number of carbonyl (C=O) groups excluding carboxylic acids is 1. The lowest BCUT2D eigenvalue weighted by atomic mass is 10.2. The van der Waals surface area contributed by atoms with Crippen molar-refractivity contribution in [1.82, 2.24) is 0 Å². The van der Waals surface area contributed by atoms with Crippen LogP contribution in [0.3, 0.4) is 0 Å². The Labute approximate surface area is 109 Å². The molecule has 4 nitrogen and oxygen atoms in total. The Balaban J connectivity index is 2.62. The molecule has 1 aromatic rings. The number of nitrogens with one attached hydrogen (secondary N) is 1. The Kier molecular flexibility index (Phi) is 6.22. The van der Waals surface area contributed by atoms with Crippen LogP contribution in [0.2, 0.25) is 0 Å². The van der Waals surface area contributed by atoms with Crippen LogP contribution in [-0.4, -0.2) is 19.1 Å². The number of nitrogens with two attached hydrogens (primary N) is 1. The van der Waals surface area contributed by atoms with Gasteiger partial charge in [-0.25, -0.2) is 0 Å². The predicted octanol–water partition coefficient (Wildman–Crippen LogP) is 2.46. The van der Waals surface area contributed by atoms with Crippen LogP contribution in [0.4, 0.5) is 5.69 Å². The summed E-state index contributed by atoms with van der Waals surface area (Å²) in [5.41, 5.74) is 7.24. The molecule has 0 aliphatic heterocycles. The van der Waals surface area contributed by atoms with Gasteiger partial charge in [-0.1, -0.05) is 6.07 Å². The zero-order chi connectivity index (χ0) is 13.4. The van der Waals surface area contributed by atoms with Crippen molar-refractivity contribution in [2.75, 3.05) is 18.5 Å². The highest BCUT2D eigenvalue weighted by molar-refractivity contribution is 5.92. The van der Waals surface area contributed by atoms with E-state index in [4.69, 9.17) is 10.5 Å². The molecule has 0 fully saturated rings. The fraction of sp³-hybridized carbons (Fsp3) is 0.500. The maximum atomic E-state index is 11.7. The third-order valence-electron chi connectivity index (χ3n) is 2.57. The third-order valence-corrected chi connectivity index (χ3v) is 2.57. The summed E-state index contributed by atoms with van der Waals surface area (Å²) in [6, 6.07) is 5.76. The van der Waals surface area contributed by atoms with Crippen molar-refractivity contribution >= 4 is 11.6 Å². The van der Waals surface area contributed by atoms with Gasteiger partial charge in [-0.2, -0.15) is 0 Å². The predicted molar refractivity (Wildman–Crippen MR) is 73.9 cm³/mol. The Bertz CT molecular complexity index is 391. The van der Waals surface area contributed by atoms with Gasteiger partial charge in [0.05, 0.1) is 12.3 Å². The topological polar surface area (TPSA) is 64.3 Å². The van der Waals surface area contributed by atoms with Gasteiger partial charge in [0, 0.05) is 6.42 Å². The van der Waals surface area contributed by atoms with Crippen LogP contribution in [0.15, 0.2) is 18.2 Å². The SMILES string of the molecule is CCOc1cc(C)ccc1NC(=O)CCCCN. The van der Waals surface area contributed by atoms with Gasteiger partial charge in [0.2, 0.25) is 5.91 Å². The fourth-order valence-corrected chi connectivity index (χ4v) is 1.65. The summed E-state index contributed by atoms with van der Waals surface area (Å²) >= 11 is 0. The molecule has 18 heavy (non-hydrogen) atoms. The first kappa shape index (κ1) is 14.5. The maximum Gasteiger partial charge on any atom is 0.224 e. The highest BCUT2D eigenvalue weighted by Crippen LogP contribution is 2.25. The molecule has 0 aliphatic rings. The van der Waals surface area contributed by atoms with Crippen molar-refractivity contribution in [2.45, 2.75) is 33.1 Å². The van der Waals surface area contributed by atoms with E-state index in [2.05, 4.69) is 5.32 Å². The van der Waals surface area contributed by atoms with Gasteiger partial charge in [-0.05, 0) is 50.9 Å². The van der Waals surface area contributed by atoms with E-state index in [9.17, 15) is 4.79 Å². The molecule has 1 aromatic carbocycles. The number of hydrogen-bond acceptors (Lipinski definition) is 3. The van der Waals surface area contributed by atoms with E-state index in [1.165, 1.54) is 0 Å². The molecule has 0 radical (unpaired) electrons. The van der Waals surface area contributed by atoms with Gasteiger partial charge in [0.25, 0.3) is 0 Å². The number of benzene rings is 1. The average Bonchev–Trinajstić information content (AvgIpc) is 2.33. The van der Waals surface area contributed by atoms with E-state index in [0.717, 1.165) is 29.8 Å². The number of aryl methyl sites for hydroxylation is 1. The summed E-state index contributed by atoms with van der Waals surface area (Å²) in [6.45, 7) is 5.13. The van der Waals surface area contributed by atoms with Crippen LogP contribution in [0, 0.1) is 6.92 Å². The molecule has 0 heterocycles. The van der Waals surface area contributed by atoms with Crippen molar-refractivity contribution in [2.24, 2.45) is 5.73 Å². The normalized spacial score (nSPS) is 10.2.